The fourth-order valence-electron chi connectivity index (χ4n) is 1.43. The first-order valence-electron chi connectivity index (χ1n) is 5.55. The summed E-state index contributed by atoms with van der Waals surface area (Å²) in [6, 6.07) is 4.00. The number of anilines is 2. The average Bonchev–Trinajstić information content (AvgIpc) is 2.49. The van der Waals surface area contributed by atoms with Crippen molar-refractivity contribution in [1.29, 1.82) is 0 Å². The number of nitrogen functional groups attached to an aromatic ring is 1. The number of aromatic nitrogens is 2. The standard InChI is InChI=1S/C11H9BrN6O3/c12-7-3-6(18(20)21)1-2-8(7)16-11(19)9-4-15-10(17-13)5-14-9/h1-5H,13H2,(H,15,17)(H,16,19). The van der Waals surface area contributed by atoms with E-state index >= 15 is 0 Å². The first kappa shape index (κ1) is 14.8. The van der Waals surface area contributed by atoms with E-state index in [0.717, 1.165) is 0 Å². The average molecular weight is 353 g/mol. The van der Waals surface area contributed by atoms with Crippen LogP contribution in [0.3, 0.4) is 0 Å². The summed E-state index contributed by atoms with van der Waals surface area (Å²) in [5, 5.41) is 13.2. The number of nitro benzene ring substituents is 1. The van der Waals surface area contributed by atoms with E-state index in [-0.39, 0.29) is 11.4 Å². The molecule has 9 nitrogen and oxygen atoms in total. The van der Waals surface area contributed by atoms with Crippen molar-refractivity contribution >= 4 is 39.0 Å². The molecule has 0 saturated heterocycles. The number of hydrogen-bond acceptors (Lipinski definition) is 7. The van der Waals surface area contributed by atoms with Crippen molar-refractivity contribution in [3.05, 3.63) is 50.9 Å². The molecule has 21 heavy (non-hydrogen) atoms. The molecule has 0 unspecified atom stereocenters. The number of nitro groups is 1. The Kier molecular flexibility index (Phi) is 4.40. The van der Waals surface area contributed by atoms with Crippen LogP contribution in [0.2, 0.25) is 0 Å². The van der Waals surface area contributed by atoms with E-state index in [1.807, 2.05) is 0 Å². The molecule has 1 aromatic heterocycles. The molecule has 0 radical (unpaired) electrons. The second-order valence-electron chi connectivity index (χ2n) is 3.81. The van der Waals surface area contributed by atoms with Gasteiger partial charge in [-0.25, -0.2) is 15.8 Å². The van der Waals surface area contributed by atoms with Gasteiger partial charge >= 0.3 is 0 Å². The van der Waals surface area contributed by atoms with Crippen LogP contribution >= 0.6 is 15.9 Å². The van der Waals surface area contributed by atoms with Gasteiger partial charge in [0.25, 0.3) is 11.6 Å². The fraction of sp³-hybridized carbons (Fsp3) is 0. The number of non-ortho nitro benzene ring substituents is 1. The molecule has 0 aliphatic heterocycles. The molecule has 0 aliphatic rings. The highest BCUT2D eigenvalue weighted by molar-refractivity contribution is 9.10. The number of nitrogens with zero attached hydrogens (tertiary/aromatic N) is 3. The number of rotatable bonds is 4. The number of carbonyl (C=O) groups excluding carboxylic acids is 1. The second-order valence-corrected chi connectivity index (χ2v) is 4.66. The van der Waals surface area contributed by atoms with Gasteiger partial charge in [0.1, 0.15) is 5.69 Å². The van der Waals surface area contributed by atoms with Crippen molar-refractivity contribution in [1.82, 2.24) is 9.97 Å². The lowest BCUT2D eigenvalue weighted by molar-refractivity contribution is -0.384. The highest BCUT2D eigenvalue weighted by Crippen LogP contribution is 2.27. The highest BCUT2D eigenvalue weighted by Gasteiger charge is 2.13. The van der Waals surface area contributed by atoms with Crippen LogP contribution in [-0.2, 0) is 0 Å². The Hall–Kier alpha value is -2.59. The predicted molar refractivity (Wildman–Crippen MR) is 78.6 cm³/mol. The molecular weight excluding hydrogens is 344 g/mol. The van der Waals surface area contributed by atoms with Crippen LogP contribution in [0.4, 0.5) is 17.2 Å². The van der Waals surface area contributed by atoms with Gasteiger partial charge in [0.05, 0.1) is 23.0 Å². The number of hydrazine groups is 1. The fourth-order valence-corrected chi connectivity index (χ4v) is 1.89. The molecule has 0 saturated carbocycles. The molecule has 2 rings (SSSR count). The SMILES string of the molecule is NNc1cnc(C(=O)Nc2ccc([N+](=O)[O-])cc2Br)cn1. The maximum atomic E-state index is 12.0. The molecule has 0 bridgehead atoms. The van der Waals surface area contributed by atoms with Gasteiger partial charge in [-0.2, -0.15) is 0 Å². The number of hydrogen-bond donors (Lipinski definition) is 3. The summed E-state index contributed by atoms with van der Waals surface area (Å²) in [6.07, 6.45) is 2.56. The van der Waals surface area contributed by atoms with E-state index in [9.17, 15) is 14.9 Å². The van der Waals surface area contributed by atoms with Crippen LogP contribution in [0.25, 0.3) is 0 Å². The lowest BCUT2D eigenvalue weighted by Gasteiger charge is -2.07. The van der Waals surface area contributed by atoms with Gasteiger partial charge in [-0.1, -0.05) is 0 Å². The Labute approximate surface area is 126 Å². The van der Waals surface area contributed by atoms with E-state index in [1.54, 1.807) is 0 Å². The van der Waals surface area contributed by atoms with Crippen molar-refractivity contribution in [3.8, 4) is 0 Å². The Morgan fingerprint density at radius 2 is 2.10 bits per heavy atom. The third-order valence-electron chi connectivity index (χ3n) is 2.44. The number of benzene rings is 1. The third kappa shape index (κ3) is 3.49. The van der Waals surface area contributed by atoms with Gasteiger partial charge in [0.2, 0.25) is 0 Å². The zero-order valence-electron chi connectivity index (χ0n) is 10.4. The van der Waals surface area contributed by atoms with Gasteiger partial charge in [-0.05, 0) is 22.0 Å². The number of nitrogens with one attached hydrogen (secondary N) is 2. The van der Waals surface area contributed by atoms with Crippen molar-refractivity contribution < 1.29 is 9.72 Å². The minimum atomic E-state index is -0.527. The summed E-state index contributed by atoms with van der Waals surface area (Å²) in [6.45, 7) is 0. The van der Waals surface area contributed by atoms with Crippen LogP contribution in [-0.4, -0.2) is 20.8 Å². The zero-order valence-corrected chi connectivity index (χ0v) is 12.0. The van der Waals surface area contributed by atoms with Crippen LogP contribution in [0.1, 0.15) is 10.5 Å². The lowest BCUT2D eigenvalue weighted by Crippen LogP contribution is -2.16. The quantitative estimate of drug-likeness (QED) is 0.432. The minimum Gasteiger partial charge on any atom is -0.320 e. The summed E-state index contributed by atoms with van der Waals surface area (Å²) < 4.78 is 0.387. The van der Waals surface area contributed by atoms with Gasteiger partial charge in [0.15, 0.2) is 5.82 Å². The van der Waals surface area contributed by atoms with Crippen molar-refractivity contribution in [2.75, 3.05) is 10.7 Å². The monoisotopic (exact) mass is 352 g/mol. The molecule has 1 aromatic carbocycles. The summed E-state index contributed by atoms with van der Waals surface area (Å²) >= 11 is 3.16. The minimum absolute atomic E-state index is 0.0826. The molecule has 2 aromatic rings. The maximum Gasteiger partial charge on any atom is 0.275 e. The predicted octanol–water partition coefficient (Wildman–Crippen LogP) is 1.69. The van der Waals surface area contributed by atoms with E-state index in [1.165, 1.54) is 30.6 Å². The van der Waals surface area contributed by atoms with Gasteiger partial charge in [-0.3, -0.25) is 14.9 Å². The van der Waals surface area contributed by atoms with Gasteiger partial charge in [0, 0.05) is 16.6 Å². The number of nitrogens with two attached hydrogens (primary N) is 1. The van der Waals surface area contributed by atoms with Crippen molar-refractivity contribution in [3.63, 3.8) is 0 Å². The van der Waals surface area contributed by atoms with Crippen LogP contribution in [0.5, 0.6) is 0 Å². The van der Waals surface area contributed by atoms with E-state index in [0.29, 0.717) is 16.0 Å². The molecular formula is C11H9BrN6O3. The Morgan fingerprint density at radius 1 is 1.33 bits per heavy atom. The Morgan fingerprint density at radius 3 is 2.62 bits per heavy atom. The zero-order chi connectivity index (χ0) is 15.4. The normalized spacial score (nSPS) is 10.0. The molecule has 108 valence electrons. The van der Waals surface area contributed by atoms with Crippen LogP contribution < -0.4 is 16.6 Å². The number of amides is 1. The smallest absolute Gasteiger partial charge is 0.275 e. The molecule has 0 spiro atoms. The topological polar surface area (TPSA) is 136 Å². The molecule has 0 fully saturated rings. The number of carbonyl (C=O) groups is 1. The first-order valence-corrected chi connectivity index (χ1v) is 6.34. The van der Waals surface area contributed by atoms with Crippen molar-refractivity contribution in [2.45, 2.75) is 0 Å². The summed E-state index contributed by atoms with van der Waals surface area (Å²) in [5.74, 6) is 4.97. The van der Waals surface area contributed by atoms with Crippen molar-refractivity contribution in [2.24, 2.45) is 5.84 Å². The molecule has 4 N–H and O–H groups in total. The number of halogens is 1. The Bertz CT molecular complexity index is 691. The van der Waals surface area contributed by atoms with E-state index < -0.39 is 10.8 Å². The molecule has 1 heterocycles. The third-order valence-corrected chi connectivity index (χ3v) is 3.10. The highest BCUT2D eigenvalue weighted by atomic mass is 79.9. The van der Waals surface area contributed by atoms with Crippen LogP contribution in [0.15, 0.2) is 35.1 Å². The largest absolute Gasteiger partial charge is 0.320 e. The lowest BCUT2D eigenvalue weighted by atomic mass is 10.2. The summed E-state index contributed by atoms with van der Waals surface area (Å²) in [4.78, 5) is 29.8. The van der Waals surface area contributed by atoms with E-state index in [4.69, 9.17) is 5.84 Å². The summed E-state index contributed by atoms with van der Waals surface area (Å²) in [7, 11) is 0. The van der Waals surface area contributed by atoms with Crippen LogP contribution in [0, 0.1) is 10.1 Å². The molecule has 1 amide bonds. The summed E-state index contributed by atoms with van der Waals surface area (Å²) in [5.41, 5.74) is 2.67. The van der Waals surface area contributed by atoms with E-state index in [2.05, 4.69) is 36.6 Å². The molecule has 0 atom stereocenters. The molecule has 0 aliphatic carbocycles. The maximum absolute atomic E-state index is 12.0. The van der Waals surface area contributed by atoms with Gasteiger partial charge in [-0.15, -0.1) is 0 Å². The molecule has 10 heteroatoms. The van der Waals surface area contributed by atoms with Gasteiger partial charge < -0.3 is 10.7 Å². The second kappa shape index (κ2) is 6.24. The Balaban J connectivity index is 2.17. The first-order chi connectivity index (χ1) is 10.0.